The van der Waals surface area contributed by atoms with Gasteiger partial charge in [-0.05, 0) is 0 Å². The van der Waals surface area contributed by atoms with Crippen LogP contribution in [0.3, 0.4) is 0 Å². The first-order valence-electron chi connectivity index (χ1n) is 14.5. The second-order valence-corrected chi connectivity index (χ2v) is 17.5. The second kappa shape index (κ2) is 15.7. The van der Waals surface area contributed by atoms with Crippen molar-refractivity contribution in [3.05, 3.63) is 0 Å². The Morgan fingerprint density at radius 1 is 1.07 bits per heavy atom. The van der Waals surface area contributed by atoms with Gasteiger partial charge in [-0.25, -0.2) is 0 Å². The third-order valence-electron chi connectivity index (χ3n) is 7.96. The molecule has 0 radical (unpaired) electrons. The van der Waals surface area contributed by atoms with Crippen molar-refractivity contribution in [2.45, 2.75) is 63.3 Å². The monoisotopic (exact) mass is 802 g/mol. The first-order valence-corrected chi connectivity index (χ1v) is 19.3. The van der Waals surface area contributed by atoms with Crippen molar-refractivity contribution in [2.75, 3.05) is 50.9 Å². The number of rotatable bonds is 6. The van der Waals surface area contributed by atoms with Crippen LogP contribution in [0.4, 0.5) is 0 Å². The molecule has 0 aromatic rings. The number of aliphatic carboxylic acids is 1. The number of nitrogens with zero attached hydrogens (tertiary/aromatic N) is 6. The normalized spacial score (nSPS) is 33.3. The SMILES string of the molecule is CC1=NN=C([I-]C2CN3CCN(CC(=O)O)C[I-]N2CC(=O)ON(C)OC(=O)C3)C2CCCC(CC(C)C)CCC12. The van der Waals surface area contributed by atoms with Gasteiger partial charge in [-0.3, -0.25) is 0 Å². The van der Waals surface area contributed by atoms with Crippen molar-refractivity contribution in [1.29, 1.82) is 0 Å². The van der Waals surface area contributed by atoms with Crippen LogP contribution >= 0.6 is 0 Å². The minimum atomic E-state index is -0.882. The summed E-state index contributed by atoms with van der Waals surface area (Å²) < 4.78 is 4.06. The van der Waals surface area contributed by atoms with Crippen molar-refractivity contribution < 1.29 is 71.8 Å². The molecule has 2 saturated heterocycles. The maximum atomic E-state index is 12.9. The predicted molar refractivity (Wildman–Crippen MR) is 145 cm³/mol. The van der Waals surface area contributed by atoms with Crippen LogP contribution in [0, 0.1) is 23.7 Å². The molecule has 14 heteroatoms. The summed E-state index contributed by atoms with van der Waals surface area (Å²) in [5.41, 5.74) is 1.14. The van der Waals surface area contributed by atoms with Gasteiger partial charge in [0.25, 0.3) is 0 Å². The number of carboxylic acids is 1. The molecule has 0 aromatic carbocycles. The summed E-state index contributed by atoms with van der Waals surface area (Å²) in [5, 5.41) is 19.8. The van der Waals surface area contributed by atoms with Crippen LogP contribution in [0.15, 0.2) is 10.2 Å². The number of carboxylic acid groups (broad SMARTS) is 1. The van der Waals surface area contributed by atoms with E-state index in [-0.39, 0.29) is 23.7 Å². The Kier molecular flexibility index (Phi) is 12.6. The summed E-state index contributed by atoms with van der Waals surface area (Å²) in [7, 11) is 1.40. The fourth-order valence-corrected chi connectivity index (χ4v) is 13.8. The Labute approximate surface area is 264 Å². The van der Waals surface area contributed by atoms with Gasteiger partial charge >= 0.3 is 265 Å². The summed E-state index contributed by atoms with van der Waals surface area (Å²) in [5.74, 6) is 0.384. The van der Waals surface area contributed by atoms with E-state index in [0.29, 0.717) is 41.9 Å². The Morgan fingerprint density at radius 2 is 1.83 bits per heavy atom. The molecule has 3 fully saturated rings. The number of hydrogen-bond acceptors (Lipinski definition) is 11. The van der Waals surface area contributed by atoms with Gasteiger partial charge in [-0.1, -0.05) is 0 Å². The Morgan fingerprint density at radius 3 is 2.56 bits per heavy atom. The van der Waals surface area contributed by atoms with E-state index in [1.807, 2.05) is 9.80 Å². The molecule has 0 aromatic heterocycles. The molecule has 3 aliphatic heterocycles. The molecule has 4 rings (SSSR count). The molecule has 0 amide bonds. The summed E-state index contributed by atoms with van der Waals surface area (Å²) in [6, 6.07) is 0. The van der Waals surface area contributed by atoms with Gasteiger partial charge in [0.15, 0.2) is 0 Å². The van der Waals surface area contributed by atoms with E-state index in [0.717, 1.165) is 29.7 Å². The van der Waals surface area contributed by atoms with E-state index in [4.69, 9.17) is 14.8 Å². The number of carbonyl (C=O) groups excluding carboxylic acids is 2. The molecule has 1 aliphatic carbocycles. The zero-order valence-electron chi connectivity index (χ0n) is 24.5. The second-order valence-electron chi connectivity index (χ2n) is 11.8. The van der Waals surface area contributed by atoms with Gasteiger partial charge < -0.3 is 0 Å². The molecule has 0 spiro atoms. The van der Waals surface area contributed by atoms with Crippen LogP contribution in [0.2, 0.25) is 0 Å². The van der Waals surface area contributed by atoms with Crippen molar-refractivity contribution in [3.8, 4) is 0 Å². The number of hydroxylamine groups is 2. The molecule has 41 heavy (non-hydrogen) atoms. The van der Waals surface area contributed by atoms with Crippen LogP contribution in [0.25, 0.3) is 0 Å². The molecule has 6 atom stereocenters. The van der Waals surface area contributed by atoms with Crippen LogP contribution in [-0.4, -0.2) is 106 Å². The molecule has 1 saturated carbocycles. The van der Waals surface area contributed by atoms with E-state index in [2.05, 4.69) is 29.0 Å². The van der Waals surface area contributed by atoms with Crippen LogP contribution in [0.1, 0.15) is 59.3 Å². The first kappa shape index (κ1) is 33.0. The Bertz CT molecular complexity index is 1010. The number of halogens is 2. The topological polar surface area (TPSA) is 128 Å². The molecule has 2 bridgehead atoms. The summed E-state index contributed by atoms with van der Waals surface area (Å²) in [4.78, 5) is 51.6. The molecular formula is C27H44I2N6O6-2. The van der Waals surface area contributed by atoms with Crippen LogP contribution < -0.4 is 42.7 Å². The number of hydrogen-bond donors (Lipinski definition) is 1. The number of alkyl halides is 2. The maximum absolute atomic E-state index is 12.9. The Hall–Kier alpha value is -0.950. The summed E-state index contributed by atoms with van der Waals surface area (Å²) in [6.07, 6.45) is 7.22. The van der Waals surface area contributed by atoms with Gasteiger partial charge in [-0.2, -0.15) is 0 Å². The zero-order chi connectivity index (χ0) is 29.5. The van der Waals surface area contributed by atoms with Crippen molar-refractivity contribution in [1.82, 2.24) is 18.1 Å². The molecule has 3 heterocycles. The first-order chi connectivity index (χ1) is 19.6. The molecule has 1 N–H and O–H groups in total. The van der Waals surface area contributed by atoms with Crippen LogP contribution in [0.5, 0.6) is 0 Å². The van der Waals surface area contributed by atoms with Crippen LogP contribution in [-0.2, 0) is 24.1 Å². The van der Waals surface area contributed by atoms with E-state index in [1.54, 1.807) is 0 Å². The van der Waals surface area contributed by atoms with Gasteiger partial charge in [0.1, 0.15) is 0 Å². The Balaban J connectivity index is 1.58. The average Bonchev–Trinajstić information content (AvgIpc) is 2.91. The predicted octanol–water partition coefficient (Wildman–Crippen LogP) is -4.12. The standard InChI is InChI=1S/C27H44I2N6O6/c1-18(2)12-20-6-5-7-22-21(9-8-20)19(3)30-31-27(22)29-23-13-33-10-11-34(14-24(36)37)17-28-35(23)16-26(39)41-32(4)40-25(38)15-33/h18,20-23H,5-17H2,1-4H3,(H,36,37)/q-2. The van der Waals surface area contributed by atoms with Gasteiger partial charge in [0.2, 0.25) is 0 Å². The van der Waals surface area contributed by atoms with Crippen molar-refractivity contribution >= 4 is 27.3 Å². The van der Waals surface area contributed by atoms with Gasteiger partial charge in [0.05, 0.1) is 0 Å². The molecule has 6 unspecified atom stereocenters. The summed E-state index contributed by atoms with van der Waals surface area (Å²) >= 11 is -1.40. The zero-order valence-corrected chi connectivity index (χ0v) is 28.8. The fraction of sp³-hybridized carbons (Fsp3) is 0.815. The number of fused-ring (bicyclic) bond motifs is 4. The quantitative estimate of drug-likeness (QED) is 0.123. The van der Waals surface area contributed by atoms with Crippen molar-refractivity contribution in [3.63, 3.8) is 0 Å². The minimum absolute atomic E-state index is 0.0299. The molecule has 4 aliphatic rings. The third-order valence-corrected chi connectivity index (χ3v) is 15.6. The summed E-state index contributed by atoms with van der Waals surface area (Å²) in [6.45, 7) is 8.44. The van der Waals surface area contributed by atoms with E-state index < -0.39 is 60.6 Å². The van der Waals surface area contributed by atoms with Gasteiger partial charge in [0, 0.05) is 0 Å². The van der Waals surface area contributed by atoms with E-state index in [1.165, 1.54) is 36.4 Å². The molecular weight excluding hydrogens is 758 g/mol. The average molecular weight is 802 g/mol. The fourth-order valence-electron chi connectivity index (χ4n) is 6.09. The third kappa shape index (κ3) is 10.0. The van der Waals surface area contributed by atoms with E-state index >= 15 is 0 Å². The van der Waals surface area contributed by atoms with Crippen molar-refractivity contribution in [2.24, 2.45) is 33.9 Å². The molecule has 12 nitrogen and oxygen atoms in total. The van der Waals surface area contributed by atoms with E-state index in [9.17, 15) is 19.5 Å². The number of carbonyl (C=O) groups is 3. The van der Waals surface area contributed by atoms with Gasteiger partial charge in [-0.15, -0.1) is 0 Å². The molecule has 234 valence electrons.